The van der Waals surface area contributed by atoms with Crippen LogP contribution in [0.1, 0.15) is 21.7 Å². The maximum atomic E-state index is 12.5. The third-order valence-electron chi connectivity index (χ3n) is 3.05. The lowest BCUT2D eigenvalue weighted by Crippen LogP contribution is -2.02. The number of benzene rings is 1. The van der Waals surface area contributed by atoms with Gasteiger partial charge in [-0.05, 0) is 25.1 Å². The molecule has 2 aromatic heterocycles. The zero-order valence-corrected chi connectivity index (χ0v) is 12.3. The fraction of sp³-hybridized carbons (Fsp3) is 0.0667. The maximum absolute atomic E-state index is 12.5. The summed E-state index contributed by atoms with van der Waals surface area (Å²) in [5, 5.41) is 4.03. The average molecular weight is 331 g/mol. The molecule has 0 bridgehead atoms. The smallest absolute Gasteiger partial charge is 0.200 e. The van der Waals surface area contributed by atoms with E-state index in [0.717, 1.165) is 10.0 Å². The van der Waals surface area contributed by atoms with Gasteiger partial charge in [0.15, 0.2) is 5.78 Å². The third kappa shape index (κ3) is 2.20. The Hall–Kier alpha value is -2.14. The summed E-state index contributed by atoms with van der Waals surface area (Å²) in [5.74, 6) is 0.422. The summed E-state index contributed by atoms with van der Waals surface area (Å²) < 4.78 is 6.14. The Balaban J connectivity index is 2.13. The lowest BCUT2D eigenvalue weighted by Gasteiger charge is -2.01. The van der Waals surface area contributed by atoms with E-state index in [-0.39, 0.29) is 5.78 Å². The minimum Gasteiger partial charge on any atom is -0.367 e. The van der Waals surface area contributed by atoms with Crippen molar-refractivity contribution in [3.8, 4) is 11.3 Å². The van der Waals surface area contributed by atoms with E-state index in [4.69, 9.17) is 4.52 Å². The van der Waals surface area contributed by atoms with E-state index < -0.39 is 0 Å². The molecule has 1 aromatic carbocycles. The summed E-state index contributed by atoms with van der Waals surface area (Å²) in [5.41, 5.74) is 2.50. The number of rotatable bonds is 3. The number of hydrogen-bond donors (Lipinski definition) is 1. The molecule has 1 N–H and O–H groups in total. The number of aromatic amines is 1. The Bertz CT molecular complexity index is 760. The quantitative estimate of drug-likeness (QED) is 0.739. The van der Waals surface area contributed by atoms with Gasteiger partial charge in [0.1, 0.15) is 11.5 Å². The largest absolute Gasteiger partial charge is 0.367 e. The number of carbonyl (C=O) groups is 1. The molecule has 0 unspecified atom stereocenters. The van der Waals surface area contributed by atoms with E-state index in [9.17, 15) is 4.79 Å². The first-order valence-corrected chi connectivity index (χ1v) is 6.86. The van der Waals surface area contributed by atoms with Crippen LogP contribution in [-0.2, 0) is 0 Å². The number of H-pyrrole nitrogens is 1. The number of aromatic nitrogens is 2. The van der Waals surface area contributed by atoms with Crippen molar-refractivity contribution in [2.24, 2.45) is 0 Å². The second-order valence-electron chi connectivity index (χ2n) is 4.40. The molecule has 0 aliphatic carbocycles. The maximum Gasteiger partial charge on any atom is 0.200 e. The number of nitrogens with zero attached hydrogens (tertiary/aromatic N) is 1. The van der Waals surface area contributed by atoms with E-state index in [2.05, 4.69) is 26.1 Å². The first-order chi connectivity index (χ1) is 9.66. The molecule has 0 saturated carbocycles. The Morgan fingerprint density at radius 1 is 1.35 bits per heavy atom. The van der Waals surface area contributed by atoms with E-state index in [1.807, 2.05) is 24.3 Å². The van der Waals surface area contributed by atoms with Gasteiger partial charge in [0, 0.05) is 28.0 Å². The van der Waals surface area contributed by atoms with Crippen LogP contribution in [0.3, 0.4) is 0 Å². The highest BCUT2D eigenvalue weighted by molar-refractivity contribution is 9.10. The van der Waals surface area contributed by atoms with Crippen molar-refractivity contribution in [2.45, 2.75) is 6.92 Å². The van der Waals surface area contributed by atoms with Crippen LogP contribution in [-0.4, -0.2) is 15.9 Å². The highest BCUT2D eigenvalue weighted by Gasteiger charge is 2.22. The van der Waals surface area contributed by atoms with E-state index in [1.54, 1.807) is 25.4 Å². The molecular formula is C15H11BrN2O2. The molecular weight excluding hydrogens is 320 g/mol. The molecule has 0 fully saturated rings. The summed E-state index contributed by atoms with van der Waals surface area (Å²) in [6.07, 6.45) is 3.38. The van der Waals surface area contributed by atoms with Gasteiger partial charge in [0.2, 0.25) is 0 Å². The minimum atomic E-state index is -0.0972. The molecule has 0 spiro atoms. The Morgan fingerprint density at radius 2 is 2.20 bits per heavy atom. The molecule has 0 amide bonds. The summed E-state index contributed by atoms with van der Waals surface area (Å²) in [6.45, 7) is 1.74. The van der Waals surface area contributed by atoms with Crippen molar-refractivity contribution >= 4 is 21.7 Å². The van der Waals surface area contributed by atoms with Crippen LogP contribution in [0.25, 0.3) is 11.3 Å². The topological polar surface area (TPSA) is 58.9 Å². The minimum absolute atomic E-state index is 0.0972. The SMILES string of the molecule is Cc1onc(-c2cccc(Br)c2)c1C(=O)c1cc[nH]c1. The van der Waals surface area contributed by atoms with Crippen LogP contribution in [0.2, 0.25) is 0 Å². The molecule has 0 aliphatic heterocycles. The molecule has 3 rings (SSSR count). The number of nitrogens with one attached hydrogen (secondary N) is 1. The predicted molar refractivity (Wildman–Crippen MR) is 78.6 cm³/mol. The molecule has 2 heterocycles. The molecule has 0 atom stereocenters. The standard InChI is InChI=1S/C15H11BrN2O2/c1-9-13(15(19)11-5-6-17-8-11)14(18-20-9)10-3-2-4-12(16)7-10/h2-8,17H,1H3. The van der Waals surface area contributed by atoms with Gasteiger partial charge in [-0.2, -0.15) is 0 Å². The van der Waals surface area contributed by atoms with Crippen molar-refractivity contribution in [1.29, 1.82) is 0 Å². The molecule has 0 saturated heterocycles. The molecule has 5 heteroatoms. The number of hydrogen-bond acceptors (Lipinski definition) is 3. The molecule has 0 aliphatic rings. The fourth-order valence-electron chi connectivity index (χ4n) is 2.08. The lowest BCUT2D eigenvalue weighted by molar-refractivity contribution is 0.103. The number of halogens is 1. The van der Waals surface area contributed by atoms with Crippen LogP contribution in [0.5, 0.6) is 0 Å². The summed E-state index contributed by atoms with van der Waals surface area (Å²) >= 11 is 3.42. The Morgan fingerprint density at radius 3 is 2.90 bits per heavy atom. The average Bonchev–Trinajstić information content (AvgIpc) is 3.07. The van der Waals surface area contributed by atoms with Crippen molar-refractivity contribution < 1.29 is 9.32 Å². The van der Waals surface area contributed by atoms with Crippen LogP contribution in [0.4, 0.5) is 0 Å². The summed E-state index contributed by atoms with van der Waals surface area (Å²) in [7, 11) is 0. The predicted octanol–water partition coefficient (Wildman–Crippen LogP) is 3.97. The summed E-state index contributed by atoms with van der Waals surface area (Å²) in [4.78, 5) is 15.4. The van der Waals surface area contributed by atoms with Gasteiger partial charge in [-0.25, -0.2) is 0 Å². The van der Waals surface area contributed by atoms with Crippen molar-refractivity contribution in [3.63, 3.8) is 0 Å². The Labute approximate surface area is 123 Å². The van der Waals surface area contributed by atoms with Crippen molar-refractivity contribution in [3.05, 3.63) is 64.1 Å². The molecule has 20 heavy (non-hydrogen) atoms. The van der Waals surface area contributed by atoms with Gasteiger partial charge in [0.25, 0.3) is 0 Å². The normalized spacial score (nSPS) is 10.7. The highest BCUT2D eigenvalue weighted by Crippen LogP contribution is 2.29. The number of aryl methyl sites for hydroxylation is 1. The molecule has 4 nitrogen and oxygen atoms in total. The van der Waals surface area contributed by atoms with Crippen LogP contribution < -0.4 is 0 Å². The lowest BCUT2D eigenvalue weighted by atomic mass is 10.00. The zero-order chi connectivity index (χ0) is 14.1. The van der Waals surface area contributed by atoms with Gasteiger partial charge >= 0.3 is 0 Å². The van der Waals surface area contributed by atoms with E-state index in [0.29, 0.717) is 22.6 Å². The Kier molecular flexibility index (Phi) is 3.28. The van der Waals surface area contributed by atoms with E-state index >= 15 is 0 Å². The zero-order valence-electron chi connectivity index (χ0n) is 10.7. The van der Waals surface area contributed by atoms with Gasteiger partial charge in [-0.1, -0.05) is 33.2 Å². The number of carbonyl (C=O) groups excluding carboxylic acids is 1. The van der Waals surface area contributed by atoms with Gasteiger partial charge in [-0.3, -0.25) is 4.79 Å². The van der Waals surface area contributed by atoms with Crippen LogP contribution in [0.15, 0.2) is 51.7 Å². The first kappa shape index (κ1) is 12.9. The van der Waals surface area contributed by atoms with E-state index in [1.165, 1.54) is 0 Å². The second kappa shape index (κ2) is 5.09. The van der Waals surface area contributed by atoms with Gasteiger partial charge in [-0.15, -0.1) is 0 Å². The van der Waals surface area contributed by atoms with Crippen LogP contribution >= 0.6 is 15.9 Å². The fourth-order valence-corrected chi connectivity index (χ4v) is 2.48. The monoisotopic (exact) mass is 330 g/mol. The molecule has 0 radical (unpaired) electrons. The van der Waals surface area contributed by atoms with Gasteiger partial charge in [0.05, 0.1) is 5.56 Å². The second-order valence-corrected chi connectivity index (χ2v) is 5.32. The summed E-state index contributed by atoms with van der Waals surface area (Å²) in [6, 6.07) is 9.36. The first-order valence-electron chi connectivity index (χ1n) is 6.06. The van der Waals surface area contributed by atoms with Gasteiger partial charge < -0.3 is 9.51 Å². The molecule has 3 aromatic rings. The highest BCUT2D eigenvalue weighted by atomic mass is 79.9. The van der Waals surface area contributed by atoms with Crippen LogP contribution in [0, 0.1) is 6.92 Å². The van der Waals surface area contributed by atoms with Crippen molar-refractivity contribution in [1.82, 2.24) is 10.1 Å². The van der Waals surface area contributed by atoms with Crippen molar-refractivity contribution in [2.75, 3.05) is 0 Å². The number of ketones is 1. The molecule has 100 valence electrons. The third-order valence-corrected chi connectivity index (χ3v) is 3.54.